The normalized spacial score (nSPS) is 19.9. The van der Waals surface area contributed by atoms with Crippen molar-refractivity contribution in [1.29, 1.82) is 0 Å². The minimum Gasteiger partial charge on any atom is -0.445 e. The molecule has 4 aromatic heterocycles. The molecule has 2 atom stereocenters. The molecular formula is C25H19ClN4O5S. The van der Waals surface area contributed by atoms with Crippen LogP contribution in [0.5, 0.6) is 0 Å². The van der Waals surface area contributed by atoms with Crippen LogP contribution in [0.25, 0.3) is 32.0 Å². The first-order valence-corrected chi connectivity index (χ1v) is 12.4. The number of thiophene rings is 1. The third-order valence-corrected chi connectivity index (χ3v) is 8.21. The molecule has 0 saturated heterocycles. The SMILES string of the molecule is Cc1onc2c1c(=O)n(C1CCC(OC(=O)c3cc4ncccc4s3)(C(N)=O)C1)c1cccc(Cl)c21. The minimum atomic E-state index is -1.56. The van der Waals surface area contributed by atoms with E-state index in [1.165, 1.54) is 11.3 Å². The number of aromatic nitrogens is 3. The van der Waals surface area contributed by atoms with E-state index in [-0.39, 0.29) is 18.4 Å². The Bertz CT molecular complexity index is 1740. The van der Waals surface area contributed by atoms with Gasteiger partial charge in [-0.2, -0.15) is 0 Å². The number of ether oxygens (including phenoxy) is 1. The first-order chi connectivity index (χ1) is 17.3. The van der Waals surface area contributed by atoms with Crippen molar-refractivity contribution in [3.8, 4) is 0 Å². The highest BCUT2D eigenvalue weighted by atomic mass is 35.5. The molecule has 6 rings (SSSR count). The van der Waals surface area contributed by atoms with Crippen LogP contribution >= 0.6 is 22.9 Å². The van der Waals surface area contributed by atoms with E-state index < -0.39 is 23.5 Å². The van der Waals surface area contributed by atoms with E-state index in [0.29, 0.717) is 49.4 Å². The fourth-order valence-electron chi connectivity index (χ4n) is 5.10. The van der Waals surface area contributed by atoms with Crippen LogP contribution in [0.3, 0.4) is 0 Å². The Morgan fingerprint density at radius 3 is 2.89 bits per heavy atom. The average molecular weight is 523 g/mol. The number of fused-ring (bicyclic) bond motifs is 4. The number of hydrogen-bond acceptors (Lipinski definition) is 8. The number of hydrogen-bond donors (Lipinski definition) is 1. The fourth-order valence-corrected chi connectivity index (χ4v) is 6.26. The van der Waals surface area contributed by atoms with Gasteiger partial charge in [0.1, 0.15) is 21.5 Å². The number of carbonyl (C=O) groups excluding carboxylic acids is 2. The highest BCUT2D eigenvalue weighted by Crippen LogP contribution is 2.43. The lowest BCUT2D eigenvalue weighted by Gasteiger charge is -2.26. The van der Waals surface area contributed by atoms with Crippen molar-refractivity contribution in [3.05, 3.63) is 68.6 Å². The molecule has 1 aliphatic carbocycles. The summed E-state index contributed by atoms with van der Waals surface area (Å²) in [5.41, 5.74) is 5.52. The van der Waals surface area contributed by atoms with Gasteiger partial charge < -0.3 is 19.6 Å². The molecule has 11 heteroatoms. The molecule has 0 aliphatic heterocycles. The Hall–Kier alpha value is -3.76. The highest BCUT2D eigenvalue weighted by Gasteiger charge is 2.49. The third kappa shape index (κ3) is 3.32. The standard InChI is InChI=1S/C25H19ClN4O5S/c1-12-19-21(29-35-12)20-14(26)4-2-5-16(20)30(22(19)31)13-7-8-25(11-13,24(27)33)34-23(32)18-10-15-17(36-18)6-3-9-28-15/h2-6,9-10,13H,7-8,11H2,1H3,(H2,27,33). The number of amides is 1. The lowest BCUT2D eigenvalue weighted by molar-refractivity contribution is -0.137. The first-order valence-electron chi connectivity index (χ1n) is 11.3. The van der Waals surface area contributed by atoms with Crippen LogP contribution in [0.15, 0.2) is 51.9 Å². The largest absolute Gasteiger partial charge is 0.445 e. The summed E-state index contributed by atoms with van der Waals surface area (Å²) in [6.07, 6.45) is 2.26. The van der Waals surface area contributed by atoms with E-state index in [9.17, 15) is 14.4 Å². The number of nitrogens with zero attached hydrogens (tertiary/aromatic N) is 3. The van der Waals surface area contributed by atoms with Crippen LogP contribution in [0.1, 0.15) is 40.7 Å². The molecule has 182 valence electrons. The van der Waals surface area contributed by atoms with E-state index in [0.717, 1.165) is 4.70 Å². The maximum absolute atomic E-state index is 13.6. The molecule has 2 unspecified atom stereocenters. The van der Waals surface area contributed by atoms with Gasteiger partial charge in [-0.15, -0.1) is 11.3 Å². The highest BCUT2D eigenvalue weighted by molar-refractivity contribution is 7.20. The molecule has 1 aromatic carbocycles. The lowest BCUT2D eigenvalue weighted by atomic mass is 10.0. The summed E-state index contributed by atoms with van der Waals surface area (Å²) in [5.74, 6) is -1.03. The van der Waals surface area contributed by atoms with Gasteiger partial charge >= 0.3 is 5.97 Å². The Kier molecular flexibility index (Phi) is 5.13. The maximum Gasteiger partial charge on any atom is 0.349 e. The van der Waals surface area contributed by atoms with E-state index in [1.54, 1.807) is 48.0 Å². The molecule has 1 aliphatic rings. The first kappa shape index (κ1) is 22.7. The number of primary amides is 1. The number of aryl methyl sites for hydroxylation is 1. The predicted molar refractivity (Wildman–Crippen MR) is 135 cm³/mol. The molecule has 0 radical (unpaired) electrons. The maximum atomic E-state index is 13.6. The molecule has 5 aromatic rings. The van der Waals surface area contributed by atoms with Crippen molar-refractivity contribution in [2.45, 2.75) is 37.8 Å². The van der Waals surface area contributed by atoms with E-state index >= 15 is 0 Å². The molecule has 0 bridgehead atoms. The van der Waals surface area contributed by atoms with Gasteiger partial charge in [0.05, 0.1) is 20.8 Å². The van der Waals surface area contributed by atoms with E-state index in [2.05, 4.69) is 10.1 Å². The smallest absolute Gasteiger partial charge is 0.349 e. The van der Waals surface area contributed by atoms with Crippen LogP contribution in [0.2, 0.25) is 5.02 Å². The van der Waals surface area contributed by atoms with Crippen molar-refractivity contribution in [3.63, 3.8) is 0 Å². The zero-order valence-corrected chi connectivity index (χ0v) is 20.6. The van der Waals surface area contributed by atoms with Crippen molar-refractivity contribution in [2.24, 2.45) is 5.73 Å². The van der Waals surface area contributed by atoms with Crippen LogP contribution < -0.4 is 11.3 Å². The molecule has 1 amide bonds. The number of rotatable bonds is 4. The second kappa shape index (κ2) is 8.14. The zero-order valence-electron chi connectivity index (χ0n) is 19.0. The summed E-state index contributed by atoms with van der Waals surface area (Å²) < 4.78 is 13.5. The Balaban J connectivity index is 1.42. The fraction of sp³-hybridized carbons (Fsp3) is 0.240. The number of esters is 1. The Morgan fingerprint density at radius 1 is 1.28 bits per heavy atom. The lowest BCUT2D eigenvalue weighted by Crippen LogP contribution is -2.46. The molecule has 9 nitrogen and oxygen atoms in total. The van der Waals surface area contributed by atoms with Crippen molar-refractivity contribution in [1.82, 2.24) is 14.7 Å². The van der Waals surface area contributed by atoms with E-state index in [1.807, 2.05) is 6.07 Å². The van der Waals surface area contributed by atoms with Gasteiger partial charge in [0.25, 0.3) is 11.5 Å². The zero-order chi connectivity index (χ0) is 25.2. The van der Waals surface area contributed by atoms with Crippen LogP contribution in [-0.2, 0) is 9.53 Å². The number of halogens is 1. The molecular weight excluding hydrogens is 504 g/mol. The number of nitrogens with two attached hydrogens (primary N) is 1. The van der Waals surface area contributed by atoms with Crippen molar-refractivity contribution >= 4 is 66.8 Å². The summed E-state index contributed by atoms with van der Waals surface area (Å²) >= 11 is 7.74. The van der Waals surface area contributed by atoms with Crippen molar-refractivity contribution in [2.75, 3.05) is 0 Å². The van der Waals surface area contributed by atoms with Crippen LogP contribution in [0, 0.1) is 6.92 Å². The topological polar surface area (TPSA) is 130 Å². The van der Waals surface area contributed by atoms with Gasteiger partial charge in [-0.25, -0.2) is 4.79 Å². The molecule has 1 fully saturated rings. The summed E-state index contributed by atoms with van der Waals surface area (Å²) in [6, 6.07) is 10.0. The molecule has 36 heavy (non-hydrogen) atoms. The summed E-state index contributed by atoms with van der Waals surface area (Å²) in [5, 5.41) is 5.38. The van der Waals surface area contributed by atoms with Gasteiger partial charge in [-0.05, 0) is 50.1 Å². The quantitative estimate of drug-likeness (QED) is 0.343. The second-order valence-corrected chi connectivity index (χ2v) is 10.4. The van der Waals surface area contributed by atoms with Crippen LogP contribution in [-0.4, -0.2) is 32.2 Å². The van der Waals surface area contributed by atoms with Gasteiger partial charge in [0.15, 0.2) is 5.60 Å². The summed E-state index contributed by atoms with van der Waals surface area (Å²) in [6.45, 7) is 1.66. The molecule has 0 spiro atoms. The van der Waals surface area contributed by atoms with Gasteiger partial charge in [0.2, 0.25) is 0 Å². The monoisotopic (exact) mass is 522 g/mol. The average Bonchev–Trinajstić information content (AvgIpc) is 3.57. The van der Waals surface area contributed by atoms with Gasteiger partial charge in [-0.1, -0.05) is 22.8 Å². The minimum absolute atomic E-state index is 0.0502. The third-order valence-electron chi connectivity index (χ3n) is 6.82. The molecule has 2 N–H and O–H groups in total. The molecule has 4 heterocycles. The van der Waals surface area contributed by atoms with Crippen molar-refractivity contribution < 1.29 is 18.8 Å². The van der Waals surface area contributed by atoms with Gasteiger partial charge in [0, 0.05) is 24.0 Å². The number of benzene rings is 1. The number of pyridine rings is 2. The predicted octanol–water partition coefficient (Wildman–Crippen LogP) is 4.52. The number of carbonyl (C=O) groups is 2. The van der Waals surface area contributed by atoms with Gasteiger partial charge in [-0.3, -0.25) is 14.6 Å². The summed E-state index contributed by atoms with van der Waals surface area (Å²) in [7, 11) is 0. The molecule has 1 saturated carbocycles. The van der Waals surface area contributed by atoms with E-state index in [4.69, 9.17) is 26.6 Å². The Labute approximate surface area is 212 Å². The second-order valence-electron chi connectivity index (χ2n) is 8.91. The Morgan fingerprint density at radius 2 is 2.11 bits per heavy atom. The summed E-state index contributed by atoms with van der Waals surface area (Å²) in [4.78, 5) is 44.0. The van der Waals surface area contributed by atoms with Crippen LogP contribution in [0.4, 0.5) is 0 Å².